The van der Waals surface area contributed by atoms with Crippen molar-refractivity contribution < 1.29 is 19.1 Å². The number of nitrogens with one attached hydrogen (secondary N) is 2. The number of methoxy groups -OCH3 is 1. The number of ether oxygens (including phenoxy) is 1. The first kappa shape index (κ1) is 17.5. The van der Waals surface area contributed by atoms with Crippen molar-refractivity contribution in [1.82, 2.24) is 5.32 Å². The second-order valence-corrected chi connectivity index (χ2v) is 4.93. The first-order valence-electron chi connectivity index (χ1n) is 6.94. The molecule has 22 heavy (non-hydrogen) atoms. The van der Waals surface area contributed by atoms with Gasteiger partial charge in [-0.15, -0.1) is 0 Å². The van der Waals surface area contributed by atoms with Crippen LogP contribution in [0.3, 0.4) is 0 Å². The molecule has 0 spiro atoms. The molecule has 0 aliphatic carbocycles. The van der Waals surface area contributed by atoms with Crippen molar-refractivity contribution in [3.63, 3.8) is 0 Å². The molecule has 120 valence electrons. The van der Waals surface area contributed by atoms with Crippen LogP contribution in [0, 0.1) is 5.92 Å². The van der Waals surface area contributed by atoms with E-state index in [-0.39, 0.29) is 5.92 Å². The number of hydrogen-bond donors (Lipinski definition) is 3. The van der Waals surface area contributed by atoms with Crippen LogP contribution in [0.1, 0.15) is 30.6 Å². The smallest absolute Gasteiger partial charge is 0.337 e. The molecule has 1 aromatic carbocycles. The Bertz CT molecular complexity index is 559. The largest absolute Gasteiger partial charge is 0.465 e. The van der Waals surface area contributed by atoms with E-state index < -0.39 is 23.9 Å². The highest BCUT2D eigenvalue weighted by molar-refractivity contribution is 5.98. The van der Waals surface area contributed by atoms with Gasteiger partial charge in [0.1, 0.15) is 6.04 Å². The van der Waals surface area contributed by atoms with Crippen molar-refractivity contribution in [2.75, 3.05) is 12.4 Å². The number of carbonyl (C=O) groups is 3. The molecule has 0 aliphatic rings. The summed E-state index contributed by atoms with van der Waals surface area (Å²) in [5.74, 6) is -0.976. The Morgan fingerprint density at radius 1 is 1.32 bits per heavy atom. The van der Waals surface area contributed by atoms with E-state index in [1.807, 2.05) is 13.8 Å². The standard InChI is InChI=1S/C15H21N3O4/c1-4-9(2)12(18-15(16)21)13(19)17-11-7-5-6-10(8-11)14(20)22-3/h5-9,12H,4H2,1-3H3,(H,17,19)(H3,16,18,21)/t9-,12-/m0/s1. The van der Waals surface area contributed by atoms with Crippen LogP contribution in [0.25, 0.3) is 0 Å². The van der Waals surface area contributed by atoms with Crippen LogP contribution in [-0.4, -0.2) is 31.1 Å². The predicted octanol–water partition coefficient (Wildman–Crippen LogP) is 1.49. The average molecular weight is 307 g/mol. The molecule has 3 amide bonds. The van der Waals surface area contributed by atoms with Gasteiger partial charge in [0.25, 0.3) is 0 Å². The Labute approximate surface area is 129 Å². The highest BCUT2D eigenvalue weighted by Gasteiger charge is 2.25. The van der Waals surface area contributed by atoms with E-state index in [2.05, 4.69) is 15.4 Å². The number of anilines is 1. The van der Waals surface area contributed by atoms with Gasteiger partial charge in [0.15, 0.2) is 0 Å². The van der Waals surface area contributed by atoms with E-state index in [0.29, 0.717) is 17.7 Å². The zero-order valence-corrected chi connectivity index (χ0v) is 12.9. The second kappa shape index (κ2) is 8.02. The van der Waals surface area contributed by atoms with Gasteiger partial charge < -0.3 is 21.1 Å². The van der Waals surface area contributed by atoms with Gasteiger partial charge in [0.2, 0.25) is 5.91 Å². The normalized spacial score (nSPS) is 12.9. The fourth-order valence-electron chi connectivity index (χ4n) is 1.92. The lowest BCUT2D eigenvalue weighted by Crippen LogP contribution is -2.49. The topological polar surface area (TPSA) is 111 Å². The molecule has 0 fully saturated rings. The summed E-state index contributed by atoms with van der Waals surface area (Å²) in [7, 11) is 1.28. The molecule has 0 heterocycles. The number of rotatable bonds is 6. The molecule has 0 aliphatic heterocycles. The molecule has 4 N–H and O–H groups in total. The number of hydrogen-bond acceptors (Lipinski definition) is 4. The molecule has 0 unspecified atom stereocenters. The van der Waals surface area contributed by atoms with E-state index in [4.69, 9.17) is 5.73 Å². The summed E-state index contributed by atoms with van der Waals surface area (Å²) in [5, 5.41) is 5.10. The van der Waals surface area contributed by atoms with Gasteiger partial charge in [0, 0.05) is 5.69 Å². The third-order valence-corrected chi connectivity index (χ3v) is 3.34. The van der Waals surface area contributed by atoms with Crippen LogP contribution in [-0.2, 0) is 9.53 Å². The summed E-state index contributed by atoms with van der Waals surface area (Å²) in [6, 6.07) is 4.84. The Balaban J connectivity index is 2.89. The summed E-state index contributed by atoms with van der Waals surface area (Å²) >= 11 is 0. The van der Waals surface area contributed by atoms with E-state index in [1.165, 1.54) is 13.2 Å². The predicted molar refractivity (Wildman–Crippen MR) is 82.4 cm³/mol. The fourth-order valence-corrected chi connectivity index (χ4v) is 1.92. The van der Waals surface area contributed by atoms with Crippen molar-refractivity contribution in [1.29, 1.82) is 0 Å². The van der Waals surface area contributed by atoms with Crippen molar-refractivity contribution in [2.24, 2.45) is 11.7 Å². The van der Waals surface area contributed by atoms with E-state index in [1.54, 1.807) is 18.2 Å². The third kappa shape index (κ3) is 4.76. The monoisotopic (exact) mass is 307 g/mol. The molecular weight excluding hydrogens is 286 g/mol. The maximum absolute atomic E-state index is 12.3. The zero-order chi connectivity index (χ0) is 16.7. The quantitative estimate of drug-likeness (QED) is 0.691. The molecule has 7 heteroatoms. The molecule has 1 rings (SSSR count). The van der Waals surface area contributed by atoms with Crippen LogP contribution in [0.15, 0.2) is 24.3 Å². The second-order valence-electron chi connectivity index (χ2n) is 4.93. The lowest BCUT2D eigenvalue weighted by Gasteiger charge is -2.22. The summed E-state index contributed by atoms with van der Waals surface area (Å²) in [5.41, 5.74) is 5.87. The Morgan fingerprint density at radius 2 is 2.00 bits per heavy atom. The minimum absolute atomic E-state index is 0.0868. The molecular formula is C15H21N3O4. The lowest BCUT2D eigenvalue weighted by molar-refractivity contribution is -0.119. The number of benzene rings is 1. The number of carbonyl (C=O) groups excluding carboxylic acids is 3. The van der Waals surface area contributed by atoms with E-state index >= 15 is 0 Å². The Morgan fingerprint density at radius 3 is 2.55 bits per heavy atom. The summed E-state index contributed by atoms with van der Waals surface area (Å²) < 4.78 is 4.63. The molecule has 7 nitrogen and oxygen atoms in total. The zero-order valence-electron chi connectivity index (χ0n) is 12.9. The molecule has 1 aromatic rings. The number of nitrogens with two attached hydrogens (primary N) is 1. The van der Waals surface area contributed by atoms with Crippen LogP contribution in [0.2, 0.25) is 0 Å². The van der Waals surface area contributed by atoms with Gasteiger partial charge in [-0.2, -0.15) is 0 Å². The van der Waals surface area contributed by atoms with E-state index in [0.717, 1.165) is 0 Å². The maximum Gasteiger partial charge on any atom is 0.337 e. The molecule has 0 radical (unpaired) electrons. The molecule has 0 bridgehead atoms. The van der Waals surface area contributed by atoms with Gasteiger partial charge in [-0.1, -0.05) is 26.3 Å². The van der Waals surface area contributed by atoms with Crippen LogP contribution < -0.4 is 16.4 Å². The van der Waals surface area contributed by atoms with Gasteiger partial charge in [-0.25, -0.2) is 9.59 Å². The SMILES string of the molecule is CC[C@H](C)[C@H](NC(N)=O)C(=O)Nc1cccc(C(=O)OC)c1. The van der Waals surface area contributed by atoms with E-state index in [9.17, 15) is 14.4 Å². The number of urea groups is 1. The van der Waals surface area contributed by atoms with Gasteiger partial charge in [-0.3, -0.25) is 4.79 Å². The fraction of sp³-hybridized carbons (Fsp3) is 0.400. The van der Waals surface area contributed by atoms with Crippen molar-refractivity contribution in [2.45, 2.75) is 26.3 Å². The maximum atomic E-state index is 12.3. The van der Waals surface area contributed by atoms with Crippen LogP contribution in [0.4, 0.5) is 10.5 Å². The lowest BCUT2D eigenvalue weighted by atomic mass is 9.98. The van der Waals surface area contributed by atoms with Gasteiger partial charge >= 0.3 is 12.0 Å². The summed E-state index contributed by atoms with van der Waals surface area (Å²) in [6.45, 7) is 3.75. The third-order valence-electron chi connectivity index (χ3n) is 3.34. The molecule has 0 saturated heterocycles. The minimum Gasteiger partial charge on any atom is -0.465 e. The van der Waals surface area contributed by atoms with Crippen LogP contribution in [0.5, 0.6) is 0 Å². The first-order chi connectivity index (χ1) is 10.4. The number of esters is 1. The first-order valence-corrected chi connectivity index (χ1v) is 6.94. The molecule has 2 atom stereocenters. The summed E-state index contributed by atoms with van der Waals surface area (Å²) in [4.78, 5) is 34.8. The average Bonchev–Trinajstić information content (AvgIpc) is 2.51. The Hall–Kier alpha value is -2.57. The Kier molecular flexibility index (Phi) is 6.37. The highest BCUT2D eigenvalue weighted by atomic mass is 16.5. The number of primary amides is 1. The number of amides is 3. The molecule has 0 saturated carbocycles. The van der Waals surface area contributed by atoms with Crippen molar-refractivity contribution in [3.8, 4) is 0 Å². The summed E-state index contributed by atoms with van der Waals surface area (Å²) in [6.07, 6.45) is 0.695. The van der Waals surface area contributed by atoms with Gasteiger partial charge in [-0.05, 0) is 24.1 Å². The van der Waals surface area contributed by atoms with Crippen LogP contribution >= 0.6 is 0 Å². The minimum atomic E-state index is -0.760. The molecule has 0 aromatic heterocycles. The highest BCUT2D eigenvalue weighted by Crippen LogP contribution is 2.14. The van der Waals surface area contributed by atoms with Gasteiger partial charge in [0.05, 0.1) is 12.7 Å². The van der Waals surface area contributed by atoms with Crippen molar-refractivity contribution in [3.05, 3.63) is 29.8 Å². The van der Waals surface area contributed by atoms with Crippen molar-refractivity contribution >= 4 is 23.6 Å².